The minimum Gasteiger partial charge on any atom is -0.354 e. The predicted octanol–water partition coefficient (Wildman–Crippen LogP) is 2.86. The molecule has 142 valence electrons. The molecule has 1 aliphatic rings. The van der Waals surface area contributed by atoms with Crippen molar-refractivity contribution in [2.24, 2.45) is 11.7 Å². The van der Waals surface area contributed by atoms with Crippen LogP contribution < -0.4 is 11.1 Å². The number of halogens is 1. The second-order valence-corrected chi connectivity index (χ2v) is 6.70. The van der Waals surface area contributed by atoms with Crippen molar-refractivity contribution in [3.63, 3.8) is 0 Å². The van der Waals surface area contributed by atoms with Crippen molar-refractivity contribution >= 4 is 24.2 Å². The zero-order valence-electron chi connectivity index (χ0n) is 15.4. The second kappa shape index (κ2) is 13.5. The molecule has 1 fully saturated rings. The van der Waals surface area contributed by atoms with Crippen LogP contribution in [-0.2, 0) is 9.59 Å². The molecule has 5 nitrogen and oxygen atoms in total. The molecular weight excluding hydrogens is 326 g/mol. The molecule has 1 rings (SSSR count). The first-order chi connectivity index (χ1) is 11.1. The van der Waals surface area contributed by atoms with E-state index < -0.39 is 0 Å². The highest BCUT2D eigenvalue weighted by Gasteiger charge is 2.27. The zero-order valence-corrected chi connectivity index (χ0v) is 16.2. The van der Waals surface area contributed by atoms with Gasteiger partial charge in [-0.1, -0.05) is 33.1 Å². The molecule has 0 aliphatic carbocycles. The van der Waals surface area contributed by atoms with Gasteiger partial charge in [-0.05, 0) is 31.6 Å². The quantitative estimate of drug-likeness (QED) is 0.628. The first-order valence-electron chi connectivity index (χ1n) is 9.38. The number of carbonyl (C=O) groups is 2. The Morgan fingerprint density at radius 1 is 1.29 bits per heavy atom. The van der Waals surface area contributed by atoms with Crippen LogP contribution in [0, 0.1) is 5.92 Å². The predicted molar refractivity (Wildman–Crippen MR) is 101 cm³/mol. The van der Waals surface area contributed by atoms with Crippen LogP contribution in [0.15, 0.2) is 0 Å². The number of piperidine rings is 1. The molecule has 0 spiro atoms. The average molecular weight is 362 g/mol. The zero-order chi connectivity index (χ0) is 17.1. The van der Waals surface area contributed by atoms with Crippen LogP contribution in [0.1, 0.15) is 71.6 Å². The molecule has 1 aliphatic heterocycles. The summed E-state index contributed by atoms with van der Waals surface area (Å²) in [6.07, 6.45) is 8.80. The van der Waals surface area contributed by atoms with Gasteiger partial charge in [0.05, 0.1) is 0 Å². The summed E-state index contributed by atoms with van der Waals surface area (Å²) in [5.74, 6) is 0.752. The van der Waals surface area contributed by atoms with Gasteiger partial charge in [-0.2, -0.15) is 0 Å². The standard InChI is InChI=1S/C18H35N3O2.ClH/c1-3-5-8-15(4-2)13-18(23)21-12-7-6-9-16(21)14-20-17(22)10-11-19;/h15-16H,3-14,19H2,1-2H3,(H,20,22);1H. The fraction of sp³-hybridized carbons (Fsp3) is 0.889. The topological polar surface area (TPSA) is 75.4 Å². The van der Waals surface area contributed by atoms with Gasteiger partial charge in [0.1, 0.15) is 0 Å². The molecule has 3 N–H and O–H groups in total. The minimum absolute atomic E-state index is 0. The lowest BCUT2D eigenvalue weighted by molar-refractivity contribution is -0.136. The second-order valence-electron chi connectivity index (χ2n) is 6.70. The van der Waals surface area contributed by atoms with Gasteiger partial charge < -0.3 is 16.0 Å². The Balaban J connectivity index is 0.00000529. The third-order valence-corrected chi connectivity index (χ3v) is 4.86. The smallest absolute Gasteiger partial charge is 0.223 e. The Morgan fingerprint density at radius 3 is 2.67 bits per heavy atom. The van der Waals surface area contributed by atoms with Crippen molar-refractivity contribution in [3.8, 4) is 0 Å². The molecule has 0 aromatic carbocycles. The normalized spacial score (nSPS) is 18.6. The fourth-order valence-corrected chi connectivity index (χ4v) is 3.30. The number of unbranched alkanes of at least 4 members (excludes halogenated alkanes) is 1. The van der Waals surface area contributed by atoms with E-state index in [-0.39, 0.29) is 30.3 Å². The number of likely N-dealkylation sites (tertiary alicyclic amines) is 1. The van der Waals surface area contributed by atoms with E-state index in [2.05, 4.69) is 19.2 Å². The largest absolute Gasteiger partial charge is 0.354 e. The molecular formula is C18H36ClN3O2. The van der Waals surface area contributed by atoms with Gasteiger partial charge in [0, 0.05) is 38.5 Å². The monoisotopic (exact) mass is 361 g/mol. The first-order valence-corrected chi connectivity index (χ1v) is 9.38. The van der Waals surface area contributed by atoms with Crippen molar-refractivity contribution < 1.29 is 9.59 Å². The summed E-state index contributed by atoms with van der Waals surface area (Å²) in [5.41, 5.74) is 5.40. The van der Waals surface area contributed by atoms with E-state index in [9.17, 15) is 9.59 Å². The maximum atomic E-state index is 12.7. The highest BCUT2D eigenvalue weighted by Crippen LogP contribution is 2.22. The van der Waals surface area contributed by atoms with Crippen LogP contribution >= 0.6 is 12.4 Å². The number of hydrogen-bond donors (Lipinski definition) is 2. The molecule has 0 aromatic rings. The van der Waals surface area contributed by atoms with Gasteiger partial charge in [-0.15, -0.1) is 12.4 Å². The van der Waals surface area contributed by atoms with E-state index in [0.717, 1.165) is 38.6 Å². The molecule has 0 bridgehead atoms. The fourth-order valence-electron chi connectivity index (χ4n) is 3.30. The van der Waals surface area contributed by atoms with Crippen molar-refractivity contribution in [3.05, 3.63) is 0 Å². The highest BCUT2D eigenvalue weighted by atomic mass is 35.5. The molecule has 1 saturated heterocycles. The number of nitrogens with one attached hydrogen (secondary N) is 1. The Hall–Kier alpha value is -0.810. The van der Waals surface area contributed by atoms with Crippen molar-refractivity contribution in [2.75, 3.05) is 19.6 Å². The van der Waals surface area contributed by atoms with Gasteiger partial charge in [0.25, 0.3) is 0 Å². The Morgan fingerprint density at radius 2 is 2.04 bits per heavy atom. The summed E-state index contributed by atoms with van der Waals surface area (Å²) >= 11 is 0. The molecule has 24 heavy (non-hydrogen) atoms. The third-order valence-electron chi connectivity index (χ3n) is 4.86. The summed E-state index contributed by atoms with van der Waals surface area (Å²) in [6, 6.07) is 0.154. The molecule has 2 atom stereocenters. The molecule has 0 aromatic heterocycles. The maximum absolute atomic E-state index is 12.7. The van der Waals surface area contributed by atoms with E-state index in [4.69, 9.17) is 5.73 Å². The Kier molecular flexibility index (Phi) is 13.0. The van der Waals surface area contributed by atoms with E-state index in [1.54, 1.807) is 0 Å². The van der Waals surface area contributed by atoms with Crippen LogP contribution in [0.5, 0.6) is 0 Å². The van der Waals surface area contributed by atoms with Crippen molar-refractivity contribution in [2.45, 2.75) is 77.7 Å². The van der Waals surface area contributed by atoms with Gasteiger partial charge in [-0.25, -0.2) is 0 Å². The highest BCUT2D eigenvalue weighted by molar-refractivity contribution is 5.85. The van der Waals surface area contributed by atoms with Crippen LogP contribution in [0.2, 0.25) is 0 Å². The maximum Gasteiger partial charge on any atom is 0.223 e. The van der Waals surface area contributed by atoms with E-state index in [1.165, 1.54) is 12.8 Å². The van der Waals surface area contributed by atoms with Gasteiger partial charge >= 0.3 is 0 Å². The third kappa shape index (κ3) is 8.34. The molecule has 0 radical (unpaired) electrons. The summed E-state index contributed by atoms with van der Waals surface area (Å²) in [5, 5.41) is 2.93. The summed E-state index contributed by atoms with van der Waals surface area (Å²) in [6.45, 7) is 6.14. The molecule has 2 unspecified atom stereocenters. The summed E-state index contributed by atoms with van der Waals surface area (Å²) in [7, 11) is 0. The SMILES string of the molecule is CCCCC(CC)CC(=O)N1CCCCC1CNC(=O)CCN.Cl. The Bertz CT molecular complexity index is 366. The minimum atomic E-state index is -0.0140. The number of carbonyl (C=O) groups excluding carboxylic acids is 2. The molecule has 0 saturated carbocycles. The van der Waals surface area contributed by atoms with E-state index >= 15 is 0 Å². The Labute approximate surface area is 153 Å². The number of hydrogen-bond acceptors (Lipinski definition) is 3. The van der Waals surface area contributed by atoms with Crippen molar-refractivity contribution in [1.29, 1.82) is 0 Å². The number of nitrogens with two attached hydrogens (primary N) is 1. The van der Waals surface area contributed by atoms with Crippen LogP contribution in [-0.4, -0.2) is 42.4 Å². The first kappa shape index (κ1) is 23.2. The van der Waals surface area contributed by atoms with E-state index in [0.29, 0.717) is 31.8 Å². The summed E-state index contributed by atoms with van der Waals surface area (Å²) < 4.78 is 0. The van der Waals surface area contributed by atoms with Gasteiger partial charge in [0.15, 0.2) is 0 Å². The average Bonchev–Trinajstić information content (AvgIpc) is 2.57. The number of rotatable bonds is 10. The van der Waals surface area contributed by atoms with Gasteiger partial charge in [-0.3, -0.25) is 9.59 Å². The van der Waals surface area contributed by atoms with Crippen LogP contribution in [0.3, 0.4) is 0 Å². The van der Waals surface area contributed by atoms with Crippen LogP contribution in [0.4, 0.5) is 0 Å². The lowest BCUT2D eigenvalue weighted by atomic mass is 9.93. The number of nitrogens with zero attached hydrogens (tertiary/aromatic N) is 1. The van der Waals surface area contributed by atoms with Crippen molar-refractivity contribution in [1.82, 2.24) is 10.2 Å². The molecule has 6 heteroatoms. The van der Waals surface area contributed by atoms with E-state index in [1.807, 2.05) is 4.90 Å². The number of amides is 2. The molecule has 1 heterocycles. The lowest BCUT2D eigenvalue weighted by Gasteiger charge is -2.36. The summed E-state index contributed by atoms with van der Waals surface area (Å²) in [4.78, 5) is 26.3. The van der Waals surface area contributed by atoms with Crippen LogP contribution in [0.25, 0.3) is 0 Å². The van der Waals surface area contributed by atoms with Gasteiger partial charge in [0.2, 0.25) is 11.8 Å². The molecule has 2 amide bonds. The lowest BCUT2D eigenvalue weighted by Crippen LogP contribution is -2.49.